The Bertz CT molecular complexity index is 1040. The van der Waals surface area contributed by atoms with Gasteiger partial charge in [-0.25, -0.2) is 4.98 Å². The number of aryl methyl sites for hydroxylation is 1. The predicted octanol–water partition coefficient (Wildman–Crippen LogP) is 6.19. The van der Waals surface area contributed by atoms with Gasteiger partial charge < -0.3 is 4.57 Å². The van der Waals surface area contributed by atoms with Crippen molar-refractivity contribution in [1.29, 1.82) is 0 Å². The molecule has 0 saturated heterocycles. The number of hydrogen-bond acceptors (Lipinski definition) is 2. The first-order chi connectivity index (χ1) is 12.7. The van der Waals surface area contributed by atoms with E-state index in [1.54, 1.807) is 16.7 Å². The zero-order chi connectivity index (χ0) is 19.8. The Kier molecular flexibility index (Phi) is 5.49. The lowest BCUT2D eigenvalue weighted by Gasteiger charge is -2.13. The van der Waals surface area contributed by atoms with E-state index in [4.69, 9.17) is 23.2 Å². The highest BCUT2D eigenvalue weighted by Gasteiger charge is 2.30. The molecule has 3 rings (SSSR count). The summed E-state index contributed by atoms with van der Waals surface area (Å²) in [6.45, 7) is 2.44. The SMILES string of the molecule is CCCCn1c(=O)c(-c2ccc(C(F)(F)F)cc2)nc2cc(Cl)c(Cl)cc21. The van der Waals surface area contributed by atoms with Crippen molar-refractivity contribution in [2.75, 3.05) is 0 Å². The van der Waals surface area contributed by atoms with Crippen molar-refractivity contribution in [3.05, 3.63) is 62.4 Å². The third-order valence-corrected chi connectivity index (χ3v) is 4.93. The molecule has 1 aromatic heterocycles. The summed E-state index contributed by atoms with van der Waals surface area (Å²) in [7, 11) is 0. The van der Waals surface area contributed by atoms with Gasteiger partial charge in [-0.05, 0) is 30.7 Å². The summed E-state index contributed by atoms with van der Waals surface area (Å²) >= 11 is 12.2. The molecule has 27 heavy (non-hydrogen) atoms. The van der Waals surface area contributed by atoms with Crippen LogP contribution in [0.2, 0.25) is 10.0 Å². The van der Waals surface area contributed by atoms with E-state index in [0.29, 0.717) is 28.2 Å². The fourth-order valence-corrected chi connectivity index (χ4v) is 3.10. The van der Waals surface area contributed by atoms with E-state index in [-0.39, 0.29) is 16.3 Å². The molecule has 0 aliphatic rings. The van der Waals surface area contributed by atoms with Gasteiger partial charge in [-0.15, -0.1) is 0 Å². The van der Waals surface area contributed by atoms with Crippen LogP contribution in [0.15, 0.2) is 41.2 Å². The van der Waals surface area contributed by atoms with Crippen LogP contribution in [0.4, 0.5) is 13.2 Å². The number of aromatic nitrogens is 2. The minimum absolute atomic E-state index is 0.0747. The summed E-state index contributed by atoms with van der Waals surface area (Å²) in [6.07, 6.45) is -2.82. The molecule has 2 aromatic carbocycles. The summed E-state index contributed by atoms with van der Waals surface area (Å²) in [5.41, 5.74) is 0.215. The van der Waals surface area contributed by atoms with Gasteiger partial charge >= 0.3 is 6.18 Å². The molecule has 8 heteroatoms. The average molecular weight is 415 g/mol. The predicted molar refractivity (Wildman–Crippen MR) is 101 cm³/mol. The molecular weight excluding hydrogens is 400 g/mol. The summed E-state index contributed by atoms with van der Waals surface area (Å²) in [6, 6.07) is 7.51. The van der Waals surface area contributed by atoms with E-state index in [9.17, 15) is 18.0 Å². The maximum atomic E-state index is 13.0. The molecule has 0 aliphatic carbocycles. The van der Waals surface area contributed by atoms with Crippen LogP contribution in [0.5, 0.6) is 0 Å². The Morgan fingerprint density at radius 3 is 2.30 bits per heavy atom. The lowest BCUT2D eigenvalue weighted by atomic mass is 10.1. The Hall–Kier alpha value is -2.05. The van der Waals surface area contributed by atoms with Gasteiger partial charge in [0.05, 0.1) is 26.6 Å². The first kappa shape index (κ1) is 19.7. The van der Waals surface area contributed by atoms with Gasteiger partial charge in [0.25, 0.3) is 5.56 Å². The average Bonchev–Trinajstić information content (AvgIpc) is 2.62. The highest BCUT2D eigenvalue weighted by Crippen LogP contribution is 2.31. The largest absolute Gasteiger partial charge is 0.416 e. The molecule has 0 fully saturated rings. The highest BCUT2D eigenvalue weighted by molar-refractivity contribution is 6.42. The molecule has 0 spiro atoms. The third-order valence-electron chi connectivity index (χ3n) is 4.21. The molecule has 0 atom stereocenters. The maximum absolute atomic E-state index is 13.0. The smallest absolute Gasteiger partial charge is 0.305 e. The number of benzene rings is 2. The number of rotatable bonds is 4. The number of unbranched alkanes of at least 4 members (excludes halogenated alkanes) is 1. The van der Waals surface area contributed by atoms with E-state index in [1.807, 2.05) is 6.92 Å². The van der Waals surface area contributed by atoms with Crippen LogP contribution in [-0.2, 0) is 12.7 Å². The van der Waals surface area contributed by atoms with Crippen LogP contribution in [0.25, 0.3) is 22.3 Å². The lowest BCUT2D eigenvalue weighted by molar-refractivity contribution is -0.137. The van der Waals surface area contributed by atoms with Crippen molar-refractivity contribution < 1.29 is 13.2 Å². The molecule has 3 aromatic rings. The normalized spacial score (nSPS) is 11.9. The van der Waals surface area contributed by atoms with E-state index in [2.05, 4.69) is 4.98 Å². The molecule has 142 valence electrons. The number of hydrogen-bond donors (Lipinski definition) is 0. The molecule has 0 bridgehead atoms. The van der Waals surface area contributed by atoms with Crippen molar-refractivity contribution in [3.63, 3.8) is 0 Å². The monoisotopic (exact) mass is 414 g/mol. The molecule has 0 amide bonds. The van der Waals surface area contributed by atoms with Crippen LogP contribution in [0, 0.1) is 0 Å². The van der Waals surface area contributed by atoms with Crippen LogP contribution >= 0.6 is 23.2 Å². The zero-order valence-corrected chi connectivity index (χ0v) is 15.8. The fourth-order valence-electron chi connectivity index (χ4n) is 2.78. The first-order valence-electron chi connectivity index (χ1n) is 8.29. The molecule has 0 unspecified atom stereocenters. The molecule has 0 aliphatic heterocycles. The van der Waals surface area contributed by atoms with E-state index in [1.165, 1.54) is 12.1 Å². The van der Waals surface area contributed by atoms with Gasteiger partial charge in [0.1, 0.15) is 5.69 Å². The van der Waals surface area contributed by atoms with Gasteiger partial charge in [-0.2, -0.15) is 13.2 Å². The van der Waals surface area contributed by atoms with Gasteiger partial charge in [0.2, 0.25) is 0 Å². The number of fused-ring (bicyclic) bond motifs is 1. The van der Waals surface area contributed by atoms with E-state index in [0.717, 1.165) is 25.0 Å². The number of halogens is 5. The van der Waals surface area contributed by atoms with Gasteiger partial charge in [-0.3, -0.25) is 4.79 Å². The topological polar surface area (TPSA) is 34.9 Å². The summed E-state index contributed by atoms with van der Waals surface area (Å²) < 4.78 is 39.9. The van der Waals surface area contributed by atoms with Gasteiger partial charge in [-0.1, -0.05) is 48.7 Å². The third kappa shape index (κ3) is 3.96. The van der Waals surface area contributed by atoms with Crippen molar-refractivity contribution in [1.82, 2.24) is 9.55 Å². The molecular formula is C19H15Cl2F3N2O. The Balaban J connectivity index is 2.22. The Labute approximate surface area is 163 Å². The Morgan fingerprint density at radius 2 is 1.70 bits per heavy atom. The lowest BCUT2D eigenvalue weighted by Crippen LogP contribution is -2.24. The fraction of sp³-hybridized carbons (Fsp3) is 0.263. The van der Waals surface area contributed by atoms with Crippen LogP contribution in [-0.4, -0.2) is 9.55 Å². The van der Waals surface area contributed by atoms with Crippen molar-refractivity contribution in [3.8, 4) is 11.3 Å². The number of nitrogens with zero attached hydrogens (tertiary/aromatic N) is 2. The van der Waals surface area contributed by atoms with E-state index < -0.39 is 11.7 Å². The molecule has 0 N–H and O–H groups in total. The van der Waals surface area contributed by atoms with Crippen LogP contribution in [0.1, 0.15) is 25.3 Å². The highest BCUT2D eigenvalue weighted by atomic mass is 35.5. The quantitative estimate of drug-likeness (QED) is 0.510. The zero-order valence-electron chi connectivity index (χ0n) is 14.3. The minimum Gasteiger partial charge on any atom is -0.305 e. The standard InChI is InChI=1S/C19H15Cl2F3N2O/c1-2-3-8-26-16-10-14(21)13(20)9-15(16)25-17(18(26)27)11-4-6-12(7-5-11)19(22,23)24/h4-7,9-10H,2-3,8H2,1H3. The van der Waals surface area contributed by atoms with Crippen molar-refractivity contribution in [2.45, 2.75) is 32.5 Å². The second-order valence-electron chi connectivity index (χ2n) is 6.10. The maximum Gasteiger partial charge on any atom is 0.416 e. The molecule has 1 heterocycles. The second kappa shape index (κ2) is 7.52. The van der Waals surface area contributed by atoms with Gasteiger partial charge in [0, 0.05) is 12.1 Å². The van der Waals surface area contributed by atoms with Crippen molar-refractivity contribution >= 4 is 34.2 Å². The van der Waals surface area contributed by atoms with Crippen LogP contribution < -0.4 is 5.56 Å². The Morgan fingerprint density at radius 1 is 1.07 bits per heavy atom. The summed E-state index contributed by atoms with van der Waals surface area (Å²) in [4.78, 5) is 17.3. The summed E-state index contributed by atoms with van der Waals surface area (Å²) in [5, 5.41) is 0.591. The minimum atomic E-state index is -4.44. The summed E-state index contributed by atoms with van der Waals surface area (Å²) in [5.74, 6) is 0. The van der Waals surface area contributed by atoms with Gasteiger partial charge in [0.15, 0.2) is 0 Å². The molecule has 0 radical (unpaired) electrons. The van der Waals surface area contributed by atoms with Crippen LogP contribution in [0.3, 0.4) is 0 Å². The number of alkyl halides is 3. The van der Waals surface area contributed by atoms with E-state index >= 15 is 0 Å². The second-order valence-corrected chi connectivity index (χ2v) is 6.92. The molecule has 0 saturated carbocycles. The molecule has 3 nitrogen and oxygen atoms in total. The van der Waals surface area contributed by atoms with Crippen molar-refractivity contribution in [2.24, 2.45) is 0 Å². The first-order valence-corrected chi connectivity index (χ1v) is 9.05.